The average molecular weight is 316 g/mol. The SMILES string of the molecule is CC(C)N(C)c1ccc(NC(=O)NCc2ccccn2)cc1F. The summed E-state index contributed by atoms with van der Waals surface area (Å²) in [6.45, 7) is 4.27. The Hall–Kier alpha value is -2.63. The van der Waals surface area contributed by atoms with Crippen molar-refractivity contribution in [2.75, 3.05) is 17.3 Å². The summed E-state index contributed by atoms with van der Waals surface area (Å²) in [5.41, 5.74) is 1.66. The minimum absolute atomic E-state index is 0.185. The standard InChI is InChI=1S/C17H21FN4O/c1-12(2)22(3)16-8-7-13(10-15(16)18)21-17(23)20-11-14-6-4-5-9-19-14/h4-10,12H,11H2,1-3H3,(H2,20,21,23). The van der Waals surface area contributed by atoms with E-state index in [9.17, 15) is 9.18 Å². The molecule has 1 heterocycles. The van der Waals surface area contributed by atoms with E-state index in [1.807, 2.05) is 44.0 Å². The van der Waals surface area contributed by atoms with E-state index in [4.69, 9.17) is 0 Å². The number of anilines is 2. The topological polar surface area (TPSA) is 57.3 Å². The Morgan fingerprint density at radius 3 is 2.70 bits per heavy atom. The summed E-state index contributed by atoms with van der Waals surface area (Å²) in [7, 11) is 1.83. The molecule has 2 N–H and O–H groups in total. The number of amides is 2. The number of aromatic nitrogens is 1. The molecular formula is C17H21FN4O. The Kier molecular flexibility index (Phi) is 5.51. The molecule has 0 fully saturated rings. The first-order valence-electron chi connectivity index (χ1n) is 7.44. The van der Waals surface area contributed by atoms with E-state index >= 15 is 0 Å². The number of nitrogens with one attached hydrogen (secondary N) is 2. The van der Waals surface area contributed by atoms with E-state index in [1.165, 1.54) is 6.07 Å². The molecule has 0 atom stereocenters. The van der Waals surface area contributed by atoms with Gasteiger partial charge in [-0.1, -0.05) is 6.07 Å². The summed E-state index contributed by atoms with van der Waals surface area (Å²) < 4.78 is 14.1. The van der Waals surface area contributed by atoms with Gasteiger partial charge in [0.1, 0.15) is 5.82 Å². The van der Waals surface area contributed by atoms with E-state index < -0.39 is 6.03 Å². The quantitative estimate of drug-likeness (QED) is 0.889. The van der Waals surface area contributed by atoms with Crippen LogP contribution in [0.3, 0.4) is 0 Å². The van der Waals surface area contributed by atoms with Crippen molar-refractivity contribution >= 4 is 17.4 Å². The highest BCUT2D eigenvalue weighted by molar-refractivity contribution is 5.89. The van der Waals surface area contributed by atoms with E-state index in [-0.39, 0.29) is 11.9 Å². The lowest BCUT2D eigenvalue weighted by Crippen LogP contribution is -2.29. The Morgan fingerprint density at radius 1 is 1.30 bits per heavy atom. The number of hydrogen-bond acceptors (Lipinski definition) is 3. The third kappa shape index (κ3) is 4.67. The van der Waals surface area contributed by atoms with Gasteiger partial charge < -0.3 is 15.5 Å². The highest BCUT2D eigenvalue weighted by Gasteiger charge is 2.12. The maximum absolute atomic E-state index is 14.1. The predicted octanol–water partition coefficient (Wildman–Crippen LogP) is 3.39. The van der Waals surface area contributed by atoms with Gasteiger partial charge in [0.05, 0.1) is 17.9 Å². The summed E-state index contributed by atoms with van der Waals surface area (Å²) in [6, 6.07) is 9.90. The fourth-order valence-corrected chi connectivity index (χ4v) is 2.00. The van der Waals surface area contributed by atoms with Crippen molar-refractivity contribution in [3.63, 3.8) is 0 Å². The van der Waals surface area contributed by atoms with Gasteiger partial charge in [-0.25, -0.2) is 9.18 Å². The molecule has 1 aromatic carbocycles. The largest absolute Gasteiger partial charge is 0.370 e. The summed E-state index contributed by atoms with van der Waals surface area (Å²) in [5, 5.41) is 5.29. The number of pyridine rings is 1. The van der Waals surface area contributed by atoms with Crippen LogP contribution in [0.15, 0.2) is 42.6 Å². The molecule has 0 aliphatic carbocycles. The first kappa shape index (κ1) is 16.7. The van der Waals surface area contributed by atoms with Gasteiger partial charge in [-0.15, -0.1) is 0 Å². The van der Waals surface area contributed by atoms with Crippen LogP contribution in [0.5, 0.6) is 0 Å². The van der Waals surface area contributed by atoms with Crippen LogP contribution in [0.2, 0.25) is 0 Å². The van der Waals surface area contributed by atoms with Crippen molar-refractivity contribution in [3.8, 4) is 0 Å². The number of rotatable bonds is 5. The van der Waals surface area contributed by atoms with Crippen LogP contribution < -0.4 is 15.5 Å². The summed E-state index contributed by atoms with van der Waals surface area (Å²) in [4.78, 5) is 17.8. The summed E-state index contributed by atoms with van der Waals surface area (Å²) in [6.07, 6.45) is 1.66. The monoisotopic (exact) mass is 316 g/mol. The number of benzene rings is 1. The molecule has 0 spiro atoms. The molecule has 0 saturated heterocycles. The Labute approximate surface area is 135 Å². The molecule has 0 aliphatic rings. The zero-order valence-electron chi connectivity index (χ0n) is 13.5. The molecular weight excluding hydrogens is 295 g/mol. The maximum atomic E-state index is 14.1. The second kappa shape index (κ2) is 7.58. The van der Waals surface area contributed by atoms with Gasteiger partial charge in [0.2, 0.25) is 0 Å². The molecule has 0 radical (unpaired) electrons. The zero-order valence-corrected chi connectivity index (χ0v) is 13.5. The van der Waals surface area contributed by atoms with Crippen LogP contribution in [0.1, 0.15) is 19.5 Å². The Morgan fingerprint density at radius 2 is 2.09 bits per heavy atom. The highest BCUT2D eigenvalue weighted by atomic mass is 19.1. The smallest absolute Gasteiger partial charge is 0.319 e. The van der Waals surface area contributed by atoms with Crippen LogP contribution in [-0.4, -0.2) is 24.1 Å². The second-order valence-corrected chi connectivity index (χ2v) is 5.50. The lowest BCUT2D eigenvalue weighted by atomic mass is 10.2. The number of carbonyl (C=O) groups is 1. The van der Waals surface area contributed by atoms with Crippen molar-refractivity contribution < 1.29 is 9.18 Å². The predicted molar refractivity (Wildman–Crippen MR) is 90.0 cm³/mol. The molecule has 0 unspecified atom stereocenters. The van der Waals surface area contributed by atoms with E-state index in [0.717, 1.165) is 5.69 Å². The van der Waals surface area contributed by atoms with E-state index in [1.54, 1.807) is 18.3 Å². The highest BCUT2D eigenvalue weighted by Crippen LogP contribution is 2.23. The molecule has 0 aliphatic heterocycles. The Bertz CT molecular complexity index is 661. The van der Waals surface area contributed by atoms with Gasteiger partial charge in [0.25, 0.3) is 0 Å². The first-order chi connectivity index (χ1) is 11.0. The molecule has 2 aromatic rings. The number of halogens is 1. The van der Waals surface area contributed by atoms with Gasteiger partial charge in [0, 0.05) is 25.0 Å². The van der Waals surface area contributed by atoms with Gasteiger partial charge in [-0.2, -0.15) is 0 Å². The maximum Gasteiger partial charge on any atom is 0.319 e. The number of hydrogen-bond donors (Lipinski definition) is 2. The van der Waals surface area contributed by atoms with Crippen LogP contribution in [-0.2, 0) is 6.54 Å². The molecule has 122 valence electrons. The molecule has 0 saturated carbocycles. The summed E-state index contributed by atoms with van der Waals surface area (Å²) in [5.74, 6) is -0.372. The van der Waals surface area contributed by atoms with Crippen LogP contribution >= 0.6 is 0 Å². The fraction of sp³-hybridized carbons (Fsp3) is 0.294. The van der Waals surface area contributed by atoms with Crippen LogP contribution in [0.4, 0.5) is 20.6 Å². The molecule has 2 amide bonds. The number of carbonyl (C=O) groups excluding carboxylic acids is 1. The molecule has 5 nitrogen and oxygen atoms in total. The molecule has 1 aromatic heterocycles. The van der Waals surface area contributed by atoms with Crippen LogP contribution in [0.25, 0.3) is 0 Å². The van der Waals surface area contributed by atoms with E-state index in [0.29, 0.717) is 17.9 Å². The number of nitrogens with zero attached hydrogens (tertiary/aromatic N) is 2. The zero-order chi connectivity index (χ0) is 16.8. The Balaban J connectivity index is 1.95. The minimum atomic E-state index is -0.403. The molecule has 0 bridgehead atoms. The van der Waals surface area contributed by atoms with Crippen molar-refractivity contribution in [1.29, 1.82) is 0 Å². The third-order valence-corrected chi connectivity index (χ3v) is 3.52. The molecule has 2 rings (SSSR count). The third-order valence-electron chi connectivity index (χ3n) is 3.52. The normalized spacial score (nSPS) is 10.5. The molecule has 23 heavy (non-hydrogen) atoms. The van der Waals surface area contributed by atoms with Crippen molar-refractivity contribution in [1.82, 2.24) is 10.3 Å². The van der Waals surface area contributed by atoms with Gasteiger partial charge >= 0.3 is 6.03 Å². The van der Waals surface area contributed by atoms with E-state index in [2.05, 4.69) is 15.6 Å². The van der Waals surface area contributed by atoms with Gasteiger partial charge in [-0.05, 0) is 44.2 Å². The van der Waals surface area contributed by atoms with Crippen molar-refractivity contribution in [3.05, 3.63) is 54.1 Å². The fourth-order valence-electron chi connectivity index (χ4n) is 2.00. The van der Waals surface area contributed by atoms with Gasteiger partial charge in [0.15, 0.2) is 0 Å². The lowest BCUT2D eigenvalue weighted by molar-refractivity contribution is 0.251. The molecule has 6 heteroatoms. The second-order valence-electron chi connectivity index (χ2n) is 5.50. The first-order valence-corrected chi connectivity index (χ1v) is 7.44. The minimum Gasteiger partial charge on any atom is -0.370 e. The lowest BCUT2D eigenvalue weighted by Gasteiger charge is -2.24. The average Bonchev–Trinajstić information content (AvgIpc) is 2.53. The van der Waals surface area contributed by atoms with Crippen LogP contribution in [0, 0.1) is 5.82 Å². The van der Waals surface area contributed by atoms with Crippen molar-refractivity contribution in [2.45, 2.75) is 26.4 Å². The number of urea groups is 1. The van der Waals surface area contributed by atoms with Crippen molar-refractivity contribution in [2.24, 2.45) is 0 Å². The summed E-state index contributed by atoms with van der Waals surface area (Å²) >= 11 is 0. The van der Waals surface area contributed by atoms with Gasteiger partial charge in [-0.3, -0.25) is 4.98 Å².